The van der Waals surface area contributed by atoms with E-state index in [1.54, 1.807) is 0 Å². The Bertz CT molecular complexity index is 329. The Labute approximate surface area is 85.2 Å². The second-order valence-electron chi connectivity index (χ2n) is 4.15. The molecule has 0 heterocycles. The molecule has 1 atom stereocenters. The summed E-state index contributed by atoms with van der Waals surface area (Å²) in [7, 11) is 0. The number of aliphatic hydroxyl groups is 1. The molecule has 2 nitrogen and oxygen atoms in total. The van der Waals surface area contributed by atoms with Gasteiger partial charge in [-0.25, -0.2) is 0 Å². The maximum absolute atomic E-state index is 9.92. The second kappa shape index (κ2) is 4.01. The first-order valence-corrected chi connectivity index (χ1v) is 4.92. The second-order valence-corrected chi connectivity index (χ2v) is 4.15. The number of aryl methyl sites for hydroxylation is 2. The monoisotopic (exact) mass is 194 g/mol. The summed E-state index contributed by atoms with van der Waals surface area (Å²) in [5.41, 5.74) is 2.42. The molecule has 0 radical (unpaired) electrons. The Kier molecular flexibility index (Phi) is 3.17. The number of phenolic OH excluding ortho intramolecular Hbond substituents is 1. The minimum absolute atomic E-state index is 0.112. The standard InChI is InChI=1S/C12H18O2/c1-7(2)11(13)10-8(3)5-6-9(4)12(10)14/h5-7,11,13-14H,1-4H3. The molecule has 0 aliphatic heterocycles. The number of aromatic hydroxyl groups is 1. The molecule has 0 saturated heterocycles. The van der Waals surface area contributed by atoms with E-state index in [9.17, 15) is 10.2 Å². The molecule has 0 spiro atoms. The van der Waals surface area contributed by atoms with Crippen LogP contribution in [0.2, 0.25) is 0 Å². The third-order valence-corrected chi connectivity index (χ3v) is 2.56. The van der Waals surface area contributed by atoms with E-state index < -0.39 is 6.10 Å². The topological polar surface area (TPSA) is 40.5 Å². The van der Waals surface area contributed by atoms with E-state index in [-0.39, 0.29) is 11.7 Å². The van der Waals surface area contributed by atoms with Gasteiger partial charge in [-0.1, -0.05) is 26.0 Å². The molecule has 0 amide bonds. The summed E-state index contributed by atoms with van der Waals surface area (Å²) < 4.78 is 0. The van der Waals surface area contributed by atoms with Crippen LogP contribution in [0.5, 0.6) is 5.75 Å². The van der Waals surface area contributed by atoms with Crippen LogP contribution in [0, 0.1) is 19.8 Å². The van der Waals surface area contributed by atoms with Crippen molar-refractivity contribution in [3.8, 4) is 5.75 Å². The quantitative estimate of drug-likeness (QED) is 0.760. The number of rotatable bonds is 2. The number of phenols is 1. The van der Waals surface area contributed by atoms with Crippen molar-refractivity contribution in [1.82, 2.24) is 0 Å². The van der Waals surface area contributed by atoms with E-state index >= 15 is 0 Å². The van der Waals surface area contributed by atoms with Crippen LogP contribution in [0.3, 0.4) is 0 Å². The first kappa shape index (κ1) is 11.1. The van der Waals surface area contributed by atoms with E-state index in [0.717, 1.165) is 11.1 Å². The summed E-state index contributed by atoms with van der Waals surface area (Å²) in [4.78, 5) is 0. The number of benzene rings is 1. The summed E-state index contributed by atoms with van der Waals surface area (Å²) in [6.07, 6.45) is -0.588. The van der Waals surface area contributed by atoms with Gasteiger partial charge in [0.25, 0.3) is 0 Å². The fourth-order valence-corrected chi connectivity index (χ4v) is 1.52. The summed E-state index contributed by atoms with van der Waals surface area (Å²) >= 11 is 0. The molecule has 1 aromatic rings. The van der Waals surface area contributed by atoms with Crippen molar-refractivity contribution in [3.63, 3.8) is 0 Å². The lowest BCUT2D eigenvalue weighted by atomic mass is 9.93. The first-order chi connectivity index (χ1) is 6.45. The van der Waals surface area contributed by atoms with Gasteiger partial charge in [-0.05, 0) is 30.9 Å². The summed E-state index contributed by atoms with van der Waals surface area (Å²) in [5, 5.41) is 19.8. The van der Waals surface area contributed by atoms with Crippen LogP contribution in [0.15, 0.2) is 12.1 Å². The van der Waals surface area contributed by atoms with Gasteiger partial charge >= 0.3 is 0 Å². The highest BCUT2D eigenvalue weighted by molar-refractivity contribution is 5.45. The van der Waals surface area contributed by atoms with Gasteiger partial charge in [0, 0.05) is 5.56 Å². The van der Waals surface area contributed by atoms with Crippen molar-refractivity contribution >= 4 is 0 Å². The average molecular weight is 194 g/mol. The molecule has 0 saturated carbocycles. The van der Waals surface area contributed by atoms with Gasteiger partial charge in [-0.15, -0.1) is 0 Å². The predicted octanol–water partition coefficient (Wildman–Crippen LogP) is 2.70. The summed E-state index contributed by atoms with van der Waals surface area (Å²) in [5.74, 6) is 0.340. The third-order valence-electron chi connectivity index (χ3n) is 2.56. The van der Waals surface area contributed by atoms with Crippen LogP contribution in [0.25, 0.3) is 0 Å². The SMILES string of the molecule is Cc1ccc(C)c(C(O)C(C)C)c1O. The molecule has 0 aliphatic rings. The van der Waals surface area contributed by atoms with Gasteiger partial charge in [0.15, 0.2) is 0 Å². The number of hydrogen-bond donors (Lipinski definition) is 2. The molecule has 0 aromatic heterocycles. The van der Waals surface area contributed by atoms with Crippen molar-refractivity contribution in [2.45, 2.75) is 33.8 Å². The van der Waals surface area contributed by atoms with E-state index in [0.29, 0.717) is 5.56 Å². The van der Waals surface area contributed by atoms with Crippen molar-refractivity contribution < 1.29 is 10.2 Å². The molecular weight excluding hydrogens is 176 g/mol. The van der Waals surface area contributed by atoms with Crippen molar-refractivity contribution in [3.05, 3.63) is 28.8 Å². The highest BCUT2D eigenvalue weighted by atomic mass is 16.3. The predicted molar refractivity (Wildman–Crippen MR) is 57.4 cm³/mol. The van der Waals surface area contributed by atoms with Gasteiger partial charge in [0.1, 0.15) is 5.75 Å². The maximum Gasteiger partial charge on any atom is 0.124 e. The van der Waals surface area contributed by atoms with Crippen LogP contribution >= 0.6 is 0 Å². The zero-order valence-corrected chi connectivity index (χ0v) is 9.20. The van der Waals surface area contributed by atoms with Crippen molar-refractivity contribution in [1.29, 1.82) is 0 Å². The van der Waals surface area contributed by atoms with E-state index in [2.05, 4.69) is 0 Å². The van der Waals surface area contributed by atoms with Crippen LogP contribution in [0.1, 0.15) is 36.6 Å². The normalized spacial score (nSPS) is 13.3. The third kappa shape index (κ3) is 1.90. The average Bonchev–Trinajstić information content (AvgIpc) is 2.12. The largest absolute Gasteiger partial charge is 0.507 e. The molecule has 2 heteroatoms. The van der Waals surface area contributed by atoms with E-state index in [1.807, 2.05) is 39.8 Å². The van der Waals surface area contributed by atoms with Crippen LogP contribution in [-0.4, -0.2) is 10.2 Å². The van der Waals surface area contributed by atoms with Gasteiger partial charge in [-0.3, -0.25) is 0 Å². The molecule has 2 N–H and O–H groups in total. The maximum atomic E-state index is 9.92. The van der Waals surface area contributed by atoms with Crippen LogP contribution in [0.4, 0.5) is 0 Å². The van der Waals surface area contributed by atoms with Crippen molar-refractivity contribution in [2.24, 2.45) is 5.92 Å². The molecule has 78 valence electrons. The Morgan fingerprint density at radius 2 is 1.57 bits per heavy atom. The van der Waals surface area contributed by atoms with Crippen LogP contribution < -0.4 is 0 Å². The molecule has 1 unspecified atom stereocenters. The zero-order chi connectivity index (χ0) is 10.9. The summed E-state index contributed by atoms with van der Waals surface area (Å²) in [6.45, 7) is 7.61. The van der Waals surface area contributed by atoms with Crippen molar-refractivity contribution in [2.75, 3.05) is 0 Å². The Hall–Kier alpha value is -1.02. The van der Waals surface area contributed by atoms with Gasteiger partial charge in [0.05, 0.1) is 6.10 Å². The molecule has 0 fully saturated rings. The van der Waals surface area contributed by atoms with E-state index in [1.165, 1.54) is 0 Å². The Morgan fingerprint density at radius 1 is 1.07 bits per heavy atom. The summed E-state index contributed by atoms with van der Waals surface area (Å²) in [6, 6.07) is 3.79. The Balaban J connectivity index is 3.25. The van der Waals surface area contributed by atoms with E-state index in [4.69, 9.17) is 0 Å². The fourth-order valence-electron chi connectivity index (χ4n) is 1.52. The molecule has 0 bridgehead atoms. The van der Waals surface area contributed by atoms with Gasteiger partial charge < -0.3 is 10.2 Å². The molecular formula is C12H18O2. The zero-order valence-electron chi connectivity index (χ0n) is 9.20. The molecule has 1 aromatic carbocycles. The molecule has 14 heavy (non-hydrogen) atoms. The highest BCUT2D eigenvalue weighted by Gasteiger charge is 2.19. The highest BCUT2D eigenvalue weighted by Crippen LogP contribution is 2.34. The minimum Gasteiger partial charge on any atom is -0.507 e. The fraction of sp³-hybridized carbons (Fsp3) is 0.500. The lowest BCUT2D eigenvalue weighted by Gasteiger charge is -2.19. The smallest absolute Gasteiger partial charge is 0.124 e. The first-order valence-electron chi connectivity index (χ1n) is 4.92. The van der Waals surface area contributed by atoms with Crippen LogP contribution in [-0.2, 0) is 0 Å². The lowest BCUT2D eigenvalue weighted by Crippen LogP contribution is -2.08. The van der Waals surface area contributed by atoms with Gasteiger partial charge in [0.2, 0.25) is 0 Å². The number of aliphatic hydroxyl groups excluding tert-OH is 1. The Morgan fingerprint density at radius 3 is 2.07 bits per heavy atom. The number of hydrogen-bond acceptors (Lipinski definition) is 2. The van der Waals surface area contributed by atoms with Gasteiger partial charge in [-0.2, -0.15) is 0 Å². The molecule has 0 aliphatic carbocycles. The lowest BCUT2D eigenvalue weighted by molar-refractivity contribution is 0.123. The minimum atomic E-state index is -0.588. The molecule has 1 rings (SSSR count).